The van der Waals surface area contributed by atoms with Crippen LogP contribution in [0.25, 0.3) is 0 Å². The predicted molar refractivity (Wildman–Crippen MR) is 80.8 cm³/mol. The lowest BCUT2D eigenvalue weighted by Crippen LogP contribution is -2.18. The van der Waals surface area contributed by atoms with Crippen LogP contribution in [-0.4, -0.2) is 17.9 Å². The molecule has 0 aliphatic carbocycles. The van der Waals surface area contributed by atoms with E-state index in [0.29, 0.717) is 12.3 Å². The Morgan fingerprint density at radius 2 is 1.75 bits per heavy atom. The van der Waals surface area contributed by atoms with Crippen molar-refractivity contribution in [3.63, 3.8) is 0 Å². The fourth-order valence-corrected chi connectivity index (χ4v) is 2.26. The van der Waals surface area contributed by atoms with Crippen molar-refractivity contribution in [2.75, 3.05) is 17.7 Å². The highest BCUT2D eigenvalue weighted by Gasteiger charge is 2.32. The Kier molecular flexibility index (Phi) is 5.07. The van der Waals surface area contributed by atoms with Crippen LogP contribution >= 0.6 is 15.9 Å². The average Bonchev–Trinajstić information content (AvgIpc) is 2.45. The van der Waals surface area contributed by atoms with Crippen molar-refractivity contribution >= 4 is 33.3 Å². The number of nitrogens with one attached hydrogen (secondary N) is 2. The van der Waals surface area contributed by atoms with Gasteiger partial charge in [0.05, 0.1) is 11.3 Å². The molecule has 0 bridgehead atoms. The summed E-state index contributed by atoms with van der Waals surface area (Å²) in [5, 5.41) is 4.51. The Morgan fingerprint density at radius 3 is 2.25 bits per heavy atom. The molecule has 0 saturated carbocycles. The lowest BCUT2D eigenvalue weighted by atomic mass is 10.1. The van der Waals surface area contributed by atoms with Gasteiger partial charge in [-0.05, 0) is 18.2 Å². The maximum atomic E-state index is 13.8. The van der Waals surface area contributed by atoms with E-state index < -0.39 is 34.8 Å². The summed E-state index contributed by atoms with van der Waals surface area (Å²) < 4.78 is 65.8. The van der Waals surface area contributed by atoms with Crippen molar-refractivity contribution in [2.45, 2.75) is 6.18 Å². The number of carbonyl (C=O) groups is 1. The molecule has 0 aliphatic heterocycles. The first-order valence-electron chi connectivity index (χ1n) is 6.34. The van der Waals surface area contributed by atoms with Crippen LogP contribution in [-0.2, 0) is 6.18 Å². The highest BCUT2D eigenvalue weighted by Crippen LogP contribution is 2.33. The van der Waals surface area contributed by atoms with E-state index in [2.05, 4.69) is 26.2 Å². The molecule has 128 valence electrons. The van der Waals surface area contributed by atoms with Crippen molar-refractivity contribution in [1.82, 2.24) is 4.98 Å². The molecule has 1 aromatic heterocycles. The molecule has 4 nitrogen and oxygen atoms in total. The van der Waals surface area contributed by atoms with Gasteiger partial charge in [-0.15, -0.1) is 0 Å². The van der Waals surface area contributed by atoms with Crippen LogP contribution in [0.5, 0.6) is 0 Å². The Balaban J connectivity index is 2.42. The van der Waals surface area contributed by atoms with Gasteiger partial charge in [0.2, 0.25) is 0 Å². The Bertz CT molecular complexity index is 771. The minimum atomic E-state index is -4.69. The normalized spacial score (nSPS) is 11.3. The standard InChI is InChI=1S/C14H9BrF5N3O/c1-21-12-10(2-6(5-22-12)14(18,19)20)23-13(24)11-8(16)3-7(15)4-9(11)17/h2-5H,1H3,(H,21,22)(H,23,24). The van der Waals surface area contributed by atoms with E-state index in [4.69, 9.17) is 0 Å². The number of alkyl halides is 3. The number of anilines is 2. The maximum Gasteiger partial charge on any atom is 0.417 e. The summed E-state index contributed by atoms with van der Waals surface area (Å²) in [6.45, 7) is 0. The molecule has 24 heavy (non-hydrogen) atoms. The van der Waals surface area contributed by atoms with E-state index in [0.717, 1.165) is 12.1 Å². The third-order valence-corrected chi connectivity index (χ3v) is 3.39. The van der Waals surface area contributed by atoms with E-state index in [-0.39, 0.29) is 16.0 Å². The van der Waals surface area contributed by atoms with E-state index in [1.165, 1.54) is 7.05 Å². The minimum absolute atomic E-state index is 0.0747. The summed E-state index contributed by atoms with van der Waals surface area (Å²) in [4.78, 5) is 15.6. The molecule has 1 aromatic carbocycles. The number of nitrogens with zero attached hydrogens (tertiary/aromatic N) is 1. The van der Waals surface area contributed by atoms with Gasteiger partial charge in [-0.3, -0.25) is 4.79 Å². The molecular formula is C14H9BrF5N3O. The van der Waals surface area contributed by atoms with Crippen LogP contribution in [0.3, 0.4) is 0 Å². The van der Waals surface area contributed by atoms with Crippen LogP contribution in [0.2, 0.25) is 0 Å². The van der Waals surface area contributed by atoms with Crippen molar-refractivity contribution in [3.05, 3.63) is 51.6 Å². The first-order valence-corrected chi connectivity index (χ1v) is 7.13. The second-order valence-electron chi connectivity index (χ2n) is 4.57. The van der Waals surface area contributed by atoms with Gasteiger partial charge < -0.3 is 10.6 Å². The predicted octanol–water partition coefficient (Wildman–Crippen LogP) is 4.44. The number of aromatic nitrogens is 1. The third-order valence-electron chi connectivity index (χ3n) is 2.93. The lowest BCUT2D eigenvalue weighted by Gasteiger charge is -2.14. The molecule has 1 heterocycles. The number of hydrogen-bond donors (Lipinski definition) is 2. The van der Waals surface area contributed by atoms with E-state index in [1.807, 2.05) is 5.32 Å². The van der Waals surface area contributed by atoms with E-state index in [1.54, 1.807) is 0 Å². The van der Waals surface area contributed by atoms with Gasteiger partial charge in [-0.1, -0.05) is 15.9 Å². The molecule has 2 rings (SSSR count). The largest absolute Gasteiger partial charge is 0.417 e. The smallest absolute Gasteiger partial charge is 0.371 e. The quantitative estimate of drug-likeness (QED) is 0.737. The summed E-state index contributed by atoms with van der Waals surface area (Å²) in [5.41, 5.74) is -2.40. The number of carbonyl (C=O) groups excluding carboxylic acids is 1. The Hall–Kier alpha value is -2.23. The van der Waals surface area contributed by atoms with Gasteiger partial charge in [0.15, 0.2) is 0 Å². The number of pyridine rings is 1. The van der Waals surface area contributed by atoms with Crippen molar-refractivity contribution in [1.29, 1.82) is 0 Å². The molecule has 0 atom stereocenters. The zero-order valence-electron chi connectivity index (χ0n) is 11.9. The number of halogens is 6. The van der Waals surface area contributed by atoms with Crippen LogP contribution in [0, 0.1) is 11.6 Å². The summed E-state index contributed by atoms with van der Waals surface area (Å²) in [7, 11) is 1.37. The van der Waals surface area contributed by atoms with Gasteiger partial charge in [0.25, 0.3) is 5.91 Å². The summed E-state index contributed by atoms with van der Waals surface area (Å²) >= 11 is 2.86. The van der Waals surface area contributed by atoms with Crippen LogP contribution in [0.1, 0.15) is 15.9 Å². The van der Waals surface area contributed by atoms with Crippen LogP contribution < -0.4 is 10.6 Å². The monoisotopic (exact) mass is 409 g/mol. The second kappa shape index (κ2) is 6.71. The topological polar surface area (TPSA) is 54.0 Å². The SMILES string of the molecule is CNc1ncc(C(F)(F)F)cc1NC(=O)c1c(F)cc(Br)cc1F. The van der Waals surface area contributed by atoms with Crippen molar-refractivity contribution in [3.8, 4) is 0 Å². The van der Waals surface area contributed by atoms with E-state index in [9.17, 15) is 26.7 Å². The minimum Gasteiger partial charge on any atom is -0.371 e. The van der Waals surface area contributed by atoms with Gasteiger partial charge in [-0.25, -0.2) is 13.8 Å². The number of benzene rings is 1. The summed E-state index contributed by atoms with van der Waals surface area (Å²) in [5.74, 6) is -3.65. The zero-order valence-corrected chi connectivity index (χ0v) is 13.5. The van der Waals surface area contributed by atoms with Crippen LogP contribution in [0.4, 0.5) is 33.5 Å². The molecule has 1 amide bonds. The fourth-order valence-electron chi connectivity index (χ4n) is 1.86. The van der Waals surface area contributed by atoms with E-state index >= 15 is 0 Å². The molecule has 0 aliphatic rings. The van der Waals surface area contributed by atoms with Gasteiger partial charge >= 0.3 is 6.18 Å². The number of amides is 1. The molecule has 0 saturated heterocycles. The highest BCUT2D eigenvalue weighted by atomic mass is 79.9. The zero-order chi connectivity index (χ0) is 18.1. The molecule has 0 fully saturated rings. The first-order chi connectivity index (χ1) is 11.1. The Morgan fingerprint density at radius 1 is 1.17 bits per heavy atom. The fraction of sp³-hybridized carbons (Fsp3) is 0.143. The number of rotatable bonds is 3. The van der Waals surface area contributed by atoms with Gasteiger partial charge in [0.1, 0.15) is 23.0 Å². The molecule has 10 heteroatoms. The first kappa shape index (κ1) is 18.1. The molecule has 2 aromatic rings. The molecular weight excluding hydrogens is 401 g/mol. The summed E-state index contributed by atoms with van der Waals surface area (Å²) in [6, 6.07) is 2.34. The van der Waals surface area contributed by atoms with Crippen molar-refractivity contribution in [2.24, 2.45) is 0 Å². The molecule has 2 N–H and O–H groups in total. The summed E-state index contributed by atoms with van der Waals surface area (Å²) in [6.07, 6.45) is -4.12. The number of hydrogen-bond acceptors (Lipinski definition) is 3. The second-order valence-corrected chi connectivity index (χ2v) is 5.48. The third kappa shape index (κ3) is 3.81. The van der Waals surface area contributed by atoms with Gasteiger partial charge in [-0.2, -0.15) is 13.2 Å². The molecule has 0 radical (unpaired) electrons. The Labute approximate surface area is 141 Å². The molecule has 0 spiro atoms. The highest BCUT2D eigenvalue weighted by molar-refractivity contribution is 9.10. The van der Waals surface area contributed by atoms with Crippen molar-refractivity contribution < 1.29 is 26.7 Å². The lowest BCUT2D eigenvalue weighted by molar-refractivity contribution is -0.137. The average molecular weight is 410 g/mol. The maximum absolute atomic E-state index is 13.8. The molecule has 0 unspecified atom stereocenters. The van der Waals surface area contributed by atoms with Gasteiger partial charge in [0, 0.05) is 17.7 Å². The van der Waals surface area contributed by atoms with Crippen LogP contribution in [0.15, 0.2) is 28.9 Å².